The van der Waals surface area contributed by atoms with Crippen molar-refractivity contribution in [1.82, 2.24) is 24.8 Å². The third-order valence-electron chi connectivity index (χ3n) is 6.05. The van der Waals surface area contributed by atoms with E-state index in [1.807, 2.05) is 41.6 Å². The van der Waals surface area contributed by atoms with Gasteiger partial charge in [-0.2, -0.15) is 0 Å². The molecule has 0 bridgehead atoms. The van der Waals surface area contributed by atoms with Crippen molar-refractivity contribution in [2.24, 2.45) is 0 Å². The smallest absolute Gasteiger partial charge is 0.227 e. The van der Waals surface area contributed by atoms with E-state index in [0.29, 0.717) is 12.5 Å². The van der Waals surface area contributed by atoms with E-state index >= 15 is 0 Å². The second-order valence-electron chi connectivity index (χ2n) is 7.70. The minimum absolute atomic E-state index is 0.200. The Bertz CT molecular complexity index is 1150. The number of nitrogens with one attached hydrogen (secondary N) is 2. The third kappa shape index (κ3) is 3.22. The zero-order valence-electron chi connectivity index (χ0n) is 16.4. The third-order valence-corrected chi connectivity index (χ3v) is 6.05. The van der Waals surface area contributed by atoms with Gasteiger partial charge in [0.2, 0.25) is 5.91 Å². The van der Waals surface area contributed by atoms with E-state index in [-0.39, 0.29) is 5.91 Å². The van der Waals surface area contributed by atoms with Crippen molar-refractivity contribution in [2.75, 3.05) is 25.0 Å². The lowest BCUT2D eigenvalue weighted by molar-refractivity contribution is -0.131. The van der Waals surface area contributed by atoms with Crippen molar-refractivity contribution in [3.8, 4) is 0 Å². The molecule has 5 rings (SSSR count). The molecule has 2 N–H and O–H groups in total. The molecular formula is C22H24N6O. The number of nitrogens with zero attached hydrogens (tertiary/aromatic N) is 4. The number of H-pyrrole nitrogens is 2. The summed E-state index contributed by atoms with van der Waals surface area (Å²) in [6, 6.07) is 10.5. The minimum Gasteiger partial charge on any atom is -0.361 e. The topological polar surface area (TPSA) is 80.9 Å². The Kier molecular flexibility index (Phi) is 4.42. The summed E-state index contributed by atoms with van der Waals surface area (Å²) in [4.78, 5) is 32.3. The van der Waals surface area contributed by atoms with Crippen molar-refractivity contribution in [1.29, 1.82) is 0 Å². The monoisotopic (exact) mass is 388 g/mol. The lowest BCUT2D eigenvalue weighted by Gasteiger charge is -2.37. The number of benzene rings is 1. The van der Waals surface area contributed by atoms with Gasteiger partial charge in [0.15, 0.2) is 0 Å². The maximum Gasteiger partial charge on any atom is 0.227 e. The highest BCUT2D eigenvalue weighted by molar-refractivity contribution is 5.89. The molecule has 4 heterocycles. The van der Waals surface area contributed by atoms with Gasteiger partial charge in [-0.05, 0) is 30.5 Å². The van der Waals surface area contributed by atoms with Crippen LogP contribution in [-0.4, -0.2) is 56.9 Å². The number of carbonyl (C=O) groups is 1. The number of carbonyl (C=O) groups excluding carboxylic acids is 1. The molecule has 29 heavy (non-hydrogen) atoms. The Hall–Kier alpha value is -3.35. The second kappa shape index (κ2) is 7.24. The van der Waals surface area contributed by atoms with Gasteiger partial charge >= 0.3 is 0 Å². The van der Waals surface area contributed by atoms with E-state index in [2.05, 4.69) is 37.9 Å². The predicted octanol–water partition coefficient (Wildman–Crippen LogP) is 3.11. The molecule has 7 heteroatoms. The summed E-state index contributed by atoms with van der Waals surface area (Å²) in [5.74, 6) is 1.14. The number of fused-ring (bicyclic) bond motifs is 2. The molecule has 7 nitrogen and oxygen atoms in total. The van der Waals surface area contributed by atoms with E-state index in [1.54, 1.807) is 6.33 Å². The summed E-state index contributed by atoms with van der Waals surface area (Å²) in [7, 11) is 2.09. The number of hydrogen-bond acceptors (Lipinski definition) is 4. The molecule has 1 saturated heterocycles. The van der Waals surface area contributed by atoms with E-state index in [0.717, 1.165) is 59.2 Å². The summed E-state index contributed by atoms with van der Waals surface area (Å²) in [6.07, 6.45) is 7.77. The fraction of sp³-hybridized carbons (Fsp3) is 0.318. The van der Waals surface area contributed by atoms with E-state index in [9.17, 15) is 4.79 Å². The number of amides is 1. The van der Waals surface area contributed by atoms with Crippen molar-refractivity contribution in [2.45, 2.75) is 25.3 Å². The van der Waals surface area contributed by atoms with Gasteiger partial charge in [-0.25, -0.2) is 9.97 Å². The Morgan fingerprint density at radius 1 is 1.14 bits per heavy atom. The SMILES string of the molecule is CN(c1ncnc2[nH]ccc12)C1CCN(C(=O)Cc2c[nH]c3ccccc23)CC1. The fourth-order valence-electron chi connectivity index (χ4n) is 4.37. The van der Waals surface area contributed by atoms with Crippen LogP contribution >= 0.6 is 0 Å². The van der Waals surface area contributed by atoms with Gasteiger partial charge in [-0.15, -0.1) is 0 Å². The molecule has 1 aromatic carbocycles. The molecule has 4 aromatic rings. The number of aromatic nitrogens is 4. The average molecular weight is 388 g/mol. The molecule has 0 radical (unpaired) electrons. The van der Waals surface area contributed by atoms with Crippen molar-refractivity contribution < 1.29 is 4.79 Å². The molecule has 1 aliphatic rings. The summed E-state index contributed by atoms with van der Waals surface area (Å²) in [5.41, 5.74) is 3.01. The number of likely N-dealkylation sites (tertiary alicyclic amines) is 1. The van der Waals surface area contributed by atoms with Crippen molar-refractivity contribution in [3.63, 3.8) is 0 Å². The summed E-state index contributed by atoms with van der Waals surface area (Å²) < 4.78 is 0. The highest BCUT2D eigenvalue weighted by Gasteiger charge is 2.27. The Morgan fingerprint density at radius 2 is 1.97 bits per heavy atom. The first-order chi connectivity index (χ1) is 14.2. The summed E-state index contributed by atoms with van der Waals surface area (Å²) in [6.45, 7) is 1.55. The van der Waals surface area contributed by atoms with Crippen LogP contribution in [0.15, 0.2) is 49.1 Å². The fourth-order valence-corrected chi connectivity index (χ4v) is 4.37. The van der Waals surface area contributed by atoms with Crippen LogP contribution in [0.1, 0.15) is 18.4 Å². The largest absolute Gasteiger partial charge is 0.361 e. The molecular weight excluding hydrogens is 364 g/mol. The molecule has 148 valence electrons. The Morgan fingerprint density at radius 3 is 2.83 bits per heavy atom. The minimum atomic E-state index is 0.200. The molecule has 0 atom stereocenters. The van der Waals surface area contributed by atoms with E-state index in [1.165, 1.54) is 0 Å². The zero-order valence-corrected chi connectivity index (χ0v) is 16.4. The van der Waals surface area contributed by atoms with Crippen LogP contribution in [0.2, 0.25) is 0 Å². The van der Waals surface area contributed by atoms with Crippen molar-refractivity contribution in [3.05, 3.63) is 54.6 Å². The van der Waals surface area contributed by atoms with Crippen LogP contribution in [0.25, 0.3) is 21.9 Å². The molecule has 1 fully saturated rings. The maximum absolute atomic E-state index is 12.9. The van der Waals surface area contributed by atoms with Gasteiger partial charge in [-0.1, -0.05) is 18.2 Å². The van der Waals surface area contributed by atoms with Gasteiger partial charge < -0.3 is 19.8 Å². The predicted molar refractivity (Wildman–Crippen MR) is 114 cm³/mol. The summed E-state index contributed by atoms with van der Waals surface area (Å²) in [5, 5.41) is 2.17. The normalized spacial score (nSPS) is 15.3. The number of piperidine rings is 1. The van der Waals surface area contributed by atoms with Crippen LogP contribution in [0.5, 0.6) is 0 Å². The lowest BCUT2D eigenvalue weighted by atomic mass is 10.0. The lowest BCUT2D eigenvalue weighted by Crippen LogP contribution is -2.46. The van der Waals surface area contributed by atoms with Gasteiger partial charge in [0, 0.05) is 49.5 Å². The van der Waals surface area contributed by atoms with Crippen molar-refractivity contribution >= 4 is 33.7 Å². The molecule has 0 saturated carbocycles. The van der Waals surface area contributed by atoms with Crippen LogP contribution in [0, 0.1) is 0 Å². The van der Waals surface area contributed by atoms with Gasteiger partial charge in [0.1, 0.15) is 17.8 Å². The van der Waals surface area contributed by atoms with Crippen LogP contribution in [0.3, 0.4) is 0 Å². The first kappa shape index (κ1) is 17.7. The second-order valence-corrected chi connectivity index (χ2v) is 7.70. The number of para-hydroxylation sites is 1. The van der Waals surface area contributed by atoms with Gasteiger partial charge in [0.25, 0.3) is 0 Å². The number of hydrogen-bond donors (Lipinski definition) is 2. The first-order valence-corrected chi connectivity index (χ1v) is 10.0. The highest BCUT2D eigenvalue weighted by atomic mass is 16.2. The van der Waals surface area contributed by atoms with Gasteiger partial charge in [0.05, 0.1) is 11.8 Å². The Balaban J connectivity index is 1.24. The van der Waals surface area contributed by atoms with Crippen LogP contribution in [-0.2, 0) is 11.2 Å². The molecule has 1 aliphatic heterocycles. The molecule has 3 aromatic heterocycles. The zero-order chi connectivity index (χ0) is 19.8. The Labute approximate surface area is 168 Å². The number of rotatable bonds is 4. The van der Waals surface area contributed by atoms with Crippen LogP contribution < -0.4 is 4.90 Å². The average Bonchev–Trinajstić information content (AvgIpc) is 3.40. The highest BCUT2D eigenvalue weighted by Crippen LogP contribution is 2.26. The van der Waals surface area contributed by atoms with E-state index in [4.69, 9.17) is 0 Å². The van der Waals surface area contributed by atoms with E-state index < -0.39 is 0 Å². The first-order valence-electron chi connectivity index (χ1n) is 10.0. The standard InChI is InChI=1S/C22H24N6O/c1-27(22-18-6-9-23-21(18)25-14-26-22)16-7-10-28(11-8-16)20(29)12-15-13-24-19-5-3-2-4-17(15)19/h2-6,9,13-14,16,24H,7-8,10-12H2,1H3,(H,23,25,26). The number of aromatic amines is 2. The van der Waals surface area contributed by atoms with Gasteiger partial charge in [-0.3, -0.25) is 4.79 Å². The molecule has 0 aliphatic carbocycles. The molecule has 0 spiro atoms. The summed E-state index contributed by atoms with van der Waals surface area (Å²) >= 11 is 0. The number of anilines is 1. The van der Waals surface area contributed by atoms with Crippen LogP contribution in [0.4, 0.5) is 5.82 Å². The molecule has 0 unspecified atom stereocenters. The quantitative estimate of drug-likeness (QED) is 0.563. The molecule has 1 amide bonds. The maximum atomic E-state index is 12.9.